The van der Waals surface area contributed by atoms with Gasteiger partial charge < -0.3 is 4.74 Å². The molecule has 0 aliphatic carbocycles. The van der Waals surface area contributed by atoms with Gasteiger partial charge in [-0.05, 0) is 50.5 Å². The molecule has 1 saturated heterocycles. The molecule has 0 amide bonds. The lowest BCUT2D eigenvalue weighted by molar-refractivity contribution is -0.137. The van der Waals surface area contributed by atoms with E-state index in [2.05, 4.69) is 0 Å². The topological polar surface area (TPSA) is 61.2 Å². The molecule has 27 heavy (non-hydrogen) atoms. The van der Waals surface area contributed by atoms with E-state index >= 15 is 0 Å². The van der Waals surface area contributed by atoms with Gasteiger partial charge in [0.1, 0.15) is 10.1 Å². The Hall–Kier alpha value is -2.12. The second-order valence-corrected chi connectivity index (χ2v) is 9.15. The maximum atomic E-state index is 13.5. The molecule has 0 N–H and O–H groups in total. The zero-order chi connectivity index (χ0) is 19.3. The van der Waals surface area contributed by atoms with Crippen molar-refractivity contribution < 1.29 is 9.53 Å². The van der Waals surface area contributed by atoms with Crippen LogP contribution in [0.4, 0.5) is 0 Å². The van der Waals surface area contributed by atoms with Crippen LogP contribution in [0.25, 0.3) is 15.9 Å². The third-order valence-corrected chi connectivity index (χ3v) is 7.42. The maximum absolute atomic E-state index is 13.5. The molecule has 140 valence electrons. The Morgan fingerprint density at radius 3 is 2.67 bits per heavy atom. The minimum atomic E-state index is -0.326. The van der Waals surface area contributed by atoms with Crippen LogP contribution in [-0.4, -0.2) is 27.4 Å². The molecule has 5 nitrogen and oxygen atoms in total. The largest absolute Gasteiger partial charge is 0.465 e. The van der Waals surface area contributed by atoms with Crippen LogP contribution in [0.1, 0.15) is 28.0 Å². The molecular formula is C20H20N2O3S2. The molecule has 1 aliphatic heterocycles. The van der Waals surface area contributed by atoms with E-state index in [4.69, 9.17) is 9.72 Å². The van der Waals surface area contributed by atoms with Gasteiger partial charge in [-0.2, -0.15) is 0 Å². The highest BCUT2D eigenvalue weighted by atomic mass is 32.2. The number of cyclic esters (lactones) is 1. The van der Waals surface area contributed by atoms with Crippen molar-refractivity contribution in [3.8, 4) is 5.69 Å². The molecule has 0 spiro atoms. The molecule has 3 aromatic rings. The van der Waals surface area contributed by atoms with Gasteiger partial charge in [-0.1, -0.05) is 23.9 Å². The van der Waals surface area contributed by atoms with Crippen LogP contribution in [0.15, 0.2) is 28.2 Å². The monoisotopic (exact) mass is 400 g/mol. The first-order chi connectivity index (χ1) is 12.9. The number of hydrogen-bond donors (Lipinski definition) is 0. The average Bonchev–Trinajstić information content (AvgIpc) is 3.15. The first-order valence-electron chi connectivity index (χ1n) is 8.81. The molecule has 1 fully saturated rings. The van der Waals surface area contributed by atoms with Crippen molar-refractivity contribution in [2.24, 2.45) is 0 Å². The van der Waals surface area contributed by atoms with Crippen molar-refractivity contribution in [3.63, 3.8) is 0 Å². The summed E-state index contributed by atoms with van der Waals surface area (Å²) < 4.78 is 6.76. The van der Waals surface area contributed by atoms with Gasteiger partial charge in [0.25, 0.3) is 5.56 Å². The fourth-order valence-electron chi connectivity index (χ4n) is 3.26. The zero-order valence-electron chi connectivity index (χ0n) is 15.7. The predicted molar refractivity (Wildman–Crippen MR) is 109 cm³/mol. The van der Waals surface area contributed by atoms with E-state index in [1.165, 1.54) is 23.1 Å². The smallest absolute Gasteiger partial charge is 0.319 e. The molecule has 2 aromatic heterocycles. The first-order valence-corrected chi connectivity index (χ1v) is 10.5. The van der Waals surface area contributed by atoms with E-state index in [1.54, 1.807) is 4.57 Å². The number of rotatable bonds is 3. The third kappa shape index (κ3) is 2.99. The van der Waals surface area contributed by atoms with E-state index in [1.807, 2.05) is 45.9 Å². The SMILES string of the molecule is Cc1cccc(-n2c(S[C@@H]3CCOC3=O)nc3sc(C)c(C)c3c2=O)c1C. The van der Waals surface area contributed by atoms with E-state index in [9.17, 15) is 9.59 Å². The van der Waals surface area contributed by atoms with Gasteiger partial charge in [0, 0.05) is 11.3 Å². The van der Waals surface area contributed by atoms with Crippen molar-refractivity contribution in [2.75, 3.05) is 6.61 Å². The van der Waals surface area contributed by atoms with Crippen LogP contribution < -0.4 is 5.56 Å². The number of aromatic nitrogens is 2. The van der Waals surface area contributed by atoms with Gasteiger partial charge in [0.15, 0.2) is 5.16 Å². The summed E-state index contributed by atoms with van der Waals surface area (Å²) in [5.74, 6) is -0.236. The highest BCUT2D eigenvalue weighted by molar-refractivity contribution is 8.00. The number of aryl methyl sites for hydroxylation is 3. The van der Waals surface area contributed by atoms with Crippen molar-refractivity contribution >= 4 is 39.3 Å². The average molecular weight is 401 g/mol. The maximum Gasteiger partial charge on any atom is 0.319 e. The predicted octanol–water partition coefficient (Wildman–Crippen LogP) is 4.09. The second-order valence-electron chi connectivity index (χ2n) is 6.78. The molecule has 7 heteroatoms. The van der Waals surface area contributed by atoms with Gasteiger partial charge in [-0.3, -0.25) is 14.2 Å². The highest BCUT2D eigenvalue weighted by Crippen LogP contribution is 2.34. The van der Waals surface area contributed by atoms with Crippen LogP contribution in [-0.2, 0) is 9.53 Å². The number of esters is 1. The molecule has 0 saturated carbocycles. The number of thioether (sulfide) groups is 1. The standard InChI is InChI=1S/C20H20N2O3S2/c1-10-6-5-7-14(11(10)2)22-18(23)16-12(3)13(4)26-17(16)21-20(22)27-15-8-9-25-19(15)24/h5-7,15H,8-9H2,1-4H3/t15-/m1/s1. The van der Waals surface area contributed by atoms with E-state index in [-0.39, 0.29) is 16.8 Å². The Bertz CT molecular complexity index is 1130. The minimum absolute atomic E-state index is 0.0792. The lowest BCUT2D eigenvalue weighted by Gasteiger charge is -2.16. The number of carbonyl (C=O) groups is 1. The Kier molecular flexibility index (Phi) is 4.60. The fourth-order valence-corrected chi connectivity index (χ4v) is 5.40. The zero-order valence-corrected chi connectivity index (χ0v) is 17.3. The molecule has 1 aromatic carbocycles. The molecule has 1 atom stereocenters. The fraction of sp³-hybridized carbons (Fsp3) is 0.350. The minimum Gasteiger partial charge on any atom is -0.465 e. The lowest BCUT2D eigenvalue weighted by Crippen LogP contribution is -2.24. The summed E-state index contributed by atoms with van der Waals surface area (Å²) >= 11 is 2.85. The Balaban J connectivity index is 2.01. The first kappa shape index (κ1) is 18.3. The van der Waals surface area contributed by atoms with Gasteiger partial charge in [-0.25, -0.2) is 4.98 Å². The van der Waals surface area contributed by atoms with E-state index < -0.39 is 0 Å². The van der Waals surface area contributed by atoms with Crippen LogP contribution in [0.3, 0.4) is 0 Å². The van der Waals surface area contributed by atoms with Crippen LogP contribution in [0.5, 0.6) is 0 Å². The summed E-state index contributed by atoms with van der Waals surface area (Å²) in [5.41, 5.74) is 3.84. The molecule has 3 heterocycles. The molecule has 0 radical (unpaired) electrons. The van der Waals surface area contributed by atoms with Crippen LogP contribution in [0, 0.1) is 27.7 Å². The van der Waals surface area contributed by atoms with Gasteiger partial charge in [0.2, 0.25) is 0 Å². The Labute approximate surface area is 165 Å². The quantitative estimate of drug-likeness (QED) is 0.490. The summed E-state index contributed by atoms with van der Waals surface area (Å²) in [7, 11) is 0. The summed E-state index contributed by atoms with van der Waals surface area (Å²) in [6.45, 7) is 8.42. The number of nitrogens with zero attached hydrogens (tertiary/aromatic N) is 2. The lowest BCUT2D eigenvalue weighted by atomic mass is 10.1. The van der Waals surface area contributed by atoms with Crippen molar-refractivity contribution in [3.05, 3.63) is 50.1 Å². The van der Waals surface area contributed by atoms with Gasteiger partial charge in [0.05, 0.1) is 17.7 Å². The van der Waals surface area contributed by atoms with E-state index in [0.29, 0.717) is 23.6 Å². The number of thiophene rings is 1. The number of fused-ring (bicyclic) bond motifs is 1. The van der Waals surface area contributed by atoms with Crippen molar-refractivity contribution in [1.82, 2.24) is 9.55 Å². The van der Waals surface area contributed by atoms with Crippen molar-refractivity contribution in [2.45, 2.75) is 44.5 Å². The summed E-state index contributed by atoms with van der Waals surface area (Å²) in [6.07, 6.45) is 0.632. The number of hydrogen-bond acceptors (Lipinski definition) is 6. The van der Waals surface area contributed by atoms with Crippen LogP contribution >= 0.6 is 23.1 Å². The molecule has 0 bridgehead atoms. The van der Waals surface area contributed by atoms with Gasteiger partial charge in [-0.15, -0.1) is 11.3 Å². The van der Waals surface area contributed by atoms with Crippen LogP contribution in [0.2, 0.25) is 0 Å². The summed E-state index contributed by atoms with van der Waals surface area (Å²) in [5, 5.41) is 0.885. The number of ether oxygens (including phenoxy) is 1. The molecule has 0 unspecified atom stereocenters. The molecule has 1 aliphatic rings. The molecule has 4 rings (SSSR count). The third-order valence-electron chi connectivity index (χ3n) is 5.12. The van der Waals surface area contributed by atoms with E-state index in [0.717, 1.165) is 32.1 Å². The Morgan fingerprint density at radius 2 is 1.96 bits per heavy atom. The highest BCUT2D eigenvalue weighted by Gasteiger charge is 2.30. The molecular weight excluding hydrogens is 380 g/mol. The summed E-state index contributed by atoms with van der Waals surface area (Å²) in [4.78, 5) is 32.1. The second kappa shape index (κ2) is 6.80. The number of benzene rings is 1. The van der Waals surface area contributed by atoms with Gasteiger partial charge >= 0.3 is 5.97 Å². The summed E-state index contributed by atoms with van der Waals surface area (Å²) in [6, 6.07) is 5.90. The van der Waals surface area contributed by atoms with Crippen molar-refractivity contribution in [1.29, 1.82) is 0 Å². The number of carbonyl (C=O) groups excluding carboxylic acids is 1. The Morgan fingerprint density at radius 1 is 1.19 bits per heavy atom. The normalized spacial score (nSPS) is 16.9.